The highest BCUT2D eigenvalue weighted by Crippen LogP contribution is 2.38. The van der Waals surface area contributed by atoms with E-state index < -0.39 is 0 Å². The van der Waals surface area contributed by atoms with Crippen LogP contribution in [0.5, 0.6) is 17.2 Å². The van der Waals surface area contributed by atoms with Crippen molar-refractivity contribution in [1.82, 2.24) is 10.6 Å². The lowest BCUT2D eigenvalue weighted by atomic mass is 10.0. The number of para-hydroxylation sites is 1. The van der Waals surface area contributed by atoms with Crippen molar-refractivity contribution >= 4 is 35.6 Å². The van der Waals surface area contributed by atoms with Crippen LogP contribution in [-0.2, 0) is 6.54 Å². The van der Waals surface area contributed by atoms with Crippen LogP contribution in [0.25, 0.3) is 0 Å². The molecule has 2 aromatic carbocycles. The smallest absolute Gasteiger partial charge is 0.203 e. The molecule has 0 heterocycles. The van der Waals surface area contributed by atoms with Crippen molar-refractivity contribution in [2.45, 2.75) is 33.4 Å². The van der Waals surface area contributed by atoms with Crippen LogP contribution in [0.4, 0.5) is 5.69 Å². The zero-order valence-corrected chi connectivity index (χ0v) is 22.2. The average molecular weight is 556 g/mol. The lowest BCUT2D eigenvalue weighted by Gasteiger charge is -2.25. The van der Waals surface area contributed by atoms with E-state index in [1.54, 1.807) is 21.3 Å². The zero-order valence-electron chi connectivity index (χ0n) is 19.9. The molecule has 178 valence electrons. The number of anilines is 1. The summed E-state index contributed by atoms with van der Waals surface area (Å²) in [5, 5.41) is 10.4. The molecule has 0 radical (unpaired) electrons. The van der Waals surface area contributed by atoms with Gasteiger partial charge in [-0.05, 0) is 42.7 Å². The van der Waals surface area contributed by atoms with Crippen LogP contribution in [0, 0.1) is 5.92 Å². The summed E-state index contributed by atoms with van der Waals surface area (Å²) in [4.78, 5) is 4.74. The molecular formula is C24H37IN4O3. The van der Waals surface area contributed by atoms with Crippen LogP contribution >= 0.6 is 24.0 Å². The number of rotatable bonds is 11. The highest BCUT2D eigenvalue weighted by molar-refractivity contribution is 14.0. The maximum Gasteiger partial charge on any atom is 0.203 e. The lowest BCUT2D eigenvalue weighted by molar-refractivity contribution is 0.324. The summed E-state index contributed by atoms with van der Waals surface area (Å²) in [7, 11) is 4.82. The first-order valence-electron chi connectivity index (χ1n) is 10.6. The van der Waals surface area contributed by atoms with Gasteiger partial charge in [0, 0.05) is 24.8 Å². The predicted molar refractivity (Wildman–Crippen MR) is 143 cm³/mol. The second-order valence-electron chi connectivity index (χ2n) is 7.47. The summed E-state index contributed by atoms with van der Waals surface area (Å²) in [5.41, 5.74) is 2.08. The van der Waals surface area contributed by atoms with Crippen molar-refractivity contribution < 1.29 is 14.2 Å². The molecule has 0 aliphatic heterocycles. The molecule has 0 aromatic heterocycles. The van der Waals surface area contributed by atoms with Gasteiger partial charge in [-0.1, -0.05) is 32.0 Å². The van der Waals surface area contributed by atoms with E-state index >= 15 is 0 Å². The van der Waals surface area contributed by atoms with Crippen molar-refractivity contribution in [3.8, 4) is 17.2 Å². The molecule has 3 N–H and O–H groups in total. The number of halogens is 1. The molecule has 8 heteroatoms. The first kappa shape index (κ1) is 27.7. The molecular weight excluding hydrogens is 519 g/mol. The molecule has 1 atom stereocenters. The van der Waals surface area contributed by atoms with Crippen molar-refractivity contribution in [2.24, 2.45) is 10.9 Å². The maximum atomic E-state index is 5.44. The molecule has 0 saturated carbocycles. The number of guanidine groups is 1. The monoisotopic (exact) mass is 556 g/mol. The fraction of sp³-hybridized carbons (Fsp3) is 0.458. The molecule has 0 aliphatic rings. The number of benzene rings is 2. The Bertz CT molecular complexity index is 806. The molecule has 0 bridgehead atoms. The Kier molecular flexibility index (Phi) is 12.7. The molecule has 0 saturated heterocycles. The maximum absolute atomic E-state index is 5.44. The third-order valence-electron chi connectivity index (χ3n) is 4.91. The van der Waals surface area contributed by atoms with Gasteiger partial charge in [-0.3, -0.25) is 0 Å². The largest absolute Gasteiger partial charge is 0.493 e. The van der Waals surface area contributed by atoms with Crippen LogP contribution in [0.3, 0.4) is 0 Å². The number of hydrogen-bond acceptors (Lipinski definition) is 5. The third kappa shape index (κ3) is 8.29. The number of methoxy groups -OCH3 is 3. The SMILES string of the molecule is CCNC(=NCc1cc(OC)c(OC)c(OC)c1)NCC(Nc1ccccc1)C(C)C.I. The van der Waals surface area contributed by atoms with Crippen LogP contribution in [0.15, 0.2) is 47.5 Å². The number of nitrogens with zero attached hydrogens (tertiary/aromatic N) is 1. The minimum absolute atomic E-state index is 0. The van der Waals surface area contributed by atoms with E-state index in [1.807, 2.05) is 30.3 Å². The van der Waals surface area contributed by atoms with E-state index in [0.717, 1.165) is 30.3 Å². The van der Waals surface area contributed by atoms with Crippen LogP contribution < -0.4 is 30.2 Å². The van der Waals surface area contributed by atoms with Crippen molar-refractivity contribution in [3.05, 3.63) is 48.0 Å². The second-order valence-corrected chi connectivity index (χ2v) is 7.47. The minimum atomic E-state index is 0. The molecule has 2 aromatic rings. The number of ether oxygens (including phenoxy) is 3. The molecule has 1 unspecified atom stereocenters. The summed E-state index contributed by atoms with van der Waals surface area (Å²) in [6.07, 6.45) is 0. The standard InChI is InChI=1S/C24H36N4O3.HI/c1-7-25-24(27-16-20(17(2)3)28-19-11-9-8-10-12-19)26-15-18-13-21(29-4)23(31-6)22(14-18)30-5;/h8-14,17,20,28H,7,15-16H2,1-6H3,(H2,25,26,27);1H. The van der Waals surface area contributed by atoms with Crippen molar-refractivity contribution in [1.29, 1.82) is 0 Å². The van der Waals surface area contributed by atoms with Gasteiger partial charge < -0.3 is 30.2 Å². The van der Waals surface area contributed by atoms with Gasteiger partial charge >= 0.3 is 0 Å². The fourth-order valence-corrected chi connectivity index (χ4v) is 3.15. The van der Waals surface area contributed by atoms with E-state index in [4.69, 9.17) is 19.2 Å². The lowest BCUT2D eigenvalue weighted by Crippen LogP contribution is -2.44. The van der Waals surface area contributed by atoms with E-state index in [1.165, 1.54) is 0 Å². The van der Waals surface area contributed by atoms with E-state index in [9.17, 15) is 0 Å². The molecule has 32 heavy (non-hydrogen) atoms. The van der Waals surface area contributed by atoms with E-state index in [2.05, 4.69) is 48.9 Å². The summed E-state index contributed by atoms with van der Waals surface area (Å²) >= 11 is 0. The third-order valence-corrected chi connectivity index (χ3v) is 4.91. The van der Waals surface area contributed by atoms with Gasteiger partial charge in [0.25, 0.3) is 0 Å². The Morgan fingerprint density at radius 1 is 0.938 bits per heavy atom. The summed E-state index contributed by atoms with van der Waals surface area (Å²) < 4.78 is 16.3. The Labute approximate surface area is 209 Å². The van der Waals surface area contributed by atoms with Crippen molar-refractivity contribution in [2.75, 3.05) is 39.7 Å². The zero-order chi connectivity index (χ0) is 22.6. The average Bonchev–Trinajstić information content (AvgIpc) is 2.79. The van der Waals surface area contributed by atoms with Gasteiger partial charge in [0.05, 0.1) is 27.9 Å². The Hall–Kier alpha value is -2.36. The Morgan fingerprint density at radius 2 is 1.56 bits per heavy atom. The van der Waals surface area contributed by atoms with Gasteiger partial charge in [0.2, 0.25) is 5.75 Å². The van der Waals surface area contributed by atoms with Gasteiger partial charge in [-0.25, -0.2) is 4.99 Å². The number of aliphatic imine (C=N–C) groups is 1. The van der Waals surface area contributed by atoms with Crippen molar-refractivity contribution in [3.63, 3.8) is 0 Å². The van der Waals surface area contributed by atoms with Gasteiger partial charge in [0.15, 0.2) is 17.5 Å². The van der Waals surface area contributed by atoms with Gasteiger partial charge in [-0.2, -0.15) is 0 Å². The number of hydrogen-bond donors (Lipinski definition) is 3. The normalized spacial score (nSPS) is 11.9. The molecule has 0 amide bonds. The van der Waals surface area contributed by atoms with Crippen LogP contribution in [0.2, 0.25) is 0 Å². The Balaban J connectivity index is 0.00000512. The molecule has 2 rings (SSSR count). The highest BCUT2D eigenvalue weighted by atomic mass is 127. The summed E-state index contributed by atoms with van der Waals surface area (Å²) in [6.45, 7) is 8.47. The minimum Gasteiger partial charge on any atom is -0.493 e. The van der Waals surface area contributed by atoms with Gasteiger partial charge in [0.1, 0.15) is 0 Å². The molecule has 0 spiro atoms. The van der Waals surface area contributed by atoms with Crippen LogP contribution in [0.1, 0.15) is 26.3 Å². The molecule has 7 nitrogen and oxygen atoms in total. The molecule has 0 aliphatic carbocycles. The first-order valence-corrected chi connectivity index (χ1v) is 10.6. The Morgan fingerprint density at radius 3 is 2.06 bits per heavy atom. The van der Waals surface area contributed by atoms with E-state index in [0.29, 0.717) is 29.7 Å². The number of nitrogens with one attached hydrogen (secondary N) is 3. The first-order chi connectivity index (χ1) is 15.0. The molecule has 0 fully saturated rings. The summed E-state index contributed by atoms with van der Waals surface area (Å²) in [6, 6.07) is 14.4. The summed E-state index contributed by atoms with van der Waals surface area (Å²) in [5.74, 6) is 3.03. The quantitative estimate of drug-likeness (QED) is 0.215. The van der Waals surface area contributed by atoms with Crippen LogP contribution in [-0.4, -0.2) is 46.4 Å². The topological polar surface area (TPSA) is 76.1 Å². The fourth-order valence-electron chi connectivity index (χ4n) is 3.15. The van der Waals surface area contributed by atoms with Gasteiger partial charge in [-0.15, -0.1) is 24.0 Å². The predicted octanol–water partition coefficient (Wildman–Crippen LogP) is 4.52. The highest BCUT2D eigenvalue weighted by Gasteiger charge is 2.15. The van der Waals surface area contributed by atoms with E-state index in [-0.39, 0.29) is 30.0 Å². The second kappa shape index (κ2) is 14.7.